The van der Waals surface area contributed by atoms with Crippen LogP contribution in [0.2, 0.25) is 0 Å². The van der Waals surface area contributed by atoms with Crippen LogP contribution in [0.15, 0.2) is 29.8 Å². The lowest BCUT2D eigenvalue weighted by Crippen LogP contribution is -2.05. The van der Waals surface area contributed by atoms with E-state index in [1.165, 1.54) is 3.57 Å². The third-order valence-electron chi connectivity index (χ3n) is 2.77. The summed E-state index contributed by atoms with van der Waals surface area (Å²) in [4.78, 5) is 8.68. The zero-order valence-electron chi connectivity index (χ0n) is 9.51. The molecule has 18 heavy (non-hydrogen) atoms. The molecule has 3 rings (SSSR count). The third-order valence-corrected chi connectivity index (χ3v) is 4.28. The number of hydrogen-bond donors (Lipinski definition) is 1. The van der Waals surface area contributed by atoms with Gasteiger partial charge >= 0.3 is 0 Å². The fourth-order valence-corrected chi connectivity index (χ4v) is 3.02. The summed E-state index contributed by atoms with van der Waals surface area (Å²) in [5, 5.41) is 3.12. The third kappa shape index (κ3) is 2.22. The Labute approximate surface area is 122 Å². The molecule has 0 radical (unpaired) electrons. The minimum atomic E-state index is 0.573. The summed E-state index contributed by atoms with van der Waals surface area (Å²) in [5.74, 6) is 0.573. The minimum Gasteiger partial charge on any atom is -0.369 e. The average Bonchev–Trinajstić information content (AvgIpc) is 2.93. The van der Waals surface area contributed by atoms with Gasteiger partial charge in [-0.05, 0) is 40.8 Å². The summed E-state index contributed by atoms with van der Waals surface area (Å²) in [6, 6.07) is 6.19. The predicted molar refractivity (Wildman–Crippen MR) is 82.7 cm³/mol. The number of fused-ring (bicyclic) bond motifs is 1. The molecule has 0 aliphatic heterocycles. The first kappa shape index (κ1) is 11.9. The number of imidazole rings is 1. The van der Waals surface area contributed by atoms with Crippen molar-refractivity contribution >= 4 is 50.9 Å². The Morgan fingerprint density at radius 3 is 3.06 bits per heavy atom. The van der Waals surface area contributed by atoms with Crippen molar-refractivity contribution in [1.82, 2.24) is 14.5 Å². The van der Waals surface area contributed by atoms with Crippen LogP contribution in [-0.2, 0) is 13.0 Å². The second-order valence-corrected chi connectivity index (χ2v) is 6.16. The zero-order chi connectivity index (χ0) is 12.5. The number of thiazole rings is 1. The number of benzene rings is 1. The van der Waals surface area contributed by atoms with Gasteiger partial charge in [0.15, 0.2) is 0 Å². The van der Waals surface area contributed by atoms with Crippen molar-refractivity contribution in [2.75, 3.05) is 5.73 Å². The van der Waals surface area contributed by atoms with E-state index in [1.807, 2.05) is 22.2 Å². The number of anilines is 1. The zero-order valence-corrected chi connectivity index (χ0v) is 12.5. The van der Waals surface area contributed by atoms with E-state index in [1.54, 1.807) is 11.3 Å². The van der Waals surface area contributed by atoms with Gasteiger partial charge in [0.25, 0.3) is 0 Å². The van der Waals surface area contributed by atoms with Gasteiger partial charge in [-0.2, -0.15) is 0 Å². The molecule has 0 spiro atoms. The molecule has 92 valence electrons. The van der Waals surface area contributed by atoms with Crippen LogP contribution in [0, 0.1) is 3.57 Å². The van der Waals surface area contributed by atoms with Gasteiger partial charge in [0.1, 0.15) is 0 Å². The highest BCUT2D eigenvalue weighted by Crippen LogP contribution is 2.21. The molecule has 0 saturated carbocycles. The SMILES string of the molecule is Nc1nc2cc(I)ccc2n1CCc1nccs1. The summed E-state index contributed by atoms with van der Waals surface area (Å²) in [6.45, 7) is 0.816. The highest BCUT2D eigenvalue weighted by Gasteiger charge is 2.08. The van der Waals surface area contributed by atoms with Crippen LogP contribution < -0.4 is 5.73 Å². The maximum atomic E-state index is 5.98. The monoisotopic (exact) mass is 370 g/mol. The molecule has 0 atom stereocenters. The van der Waals surface area contributed by atoms with Crippen LogP contribution in [0.4, 0.5) is 5.95 Å². The van der Waals surface area contributed by atoms with Crippen molar-refractivity contribution in [3.63, 3.8) is 0 Å². The number of halogens is 1. The lowest BCUT2D eigenvalue weighted by Gasteiger charge is -2.04. The highest BCUT2D eigenvalue weighted by molar-refractivity contribution is 14.1. The molecule has 0 bridgehead atoms. The fourth-order valence-electron chi connectivity index (χ4n) is 1.94. The summed E-state index contributed by atoms with van der Waals surface area (Å²) < 4.78 is 3.22. The van der Waals surface area contributed by atoms with Gasteiger partial charge in [-0.1, -0.05) is 0 Å². The Balaban J connectivity index is 1.93. The molecule has 0 unspecified atom stereocenters. The molecule has 6 heteroatoms. The number of nitrogens with two attached hydrogens (primary N) is 1. The van der Waals surface area contributed by atoms with Crippen LogP contribution in [0.1, 0.15) is 5.01 Å². The molecule has 2 N–H and O–H groups in total. The van der Waals surface area contributed by atoms with Crippen LogP contribution in [-0.4, -0.2) is 14.5 Å². The Kier molecular flexibility index (Phi) is 3.21. The van der Waals surface area contributed by atoms with Crippen LogP contribution >= 0.6 is 33.9 Å². The second-order valence-electron chi connectivity index (χ2n) is 3.93. The molecular formula is C12H11IN4S. The van der Waals surface area contributed by atoms with E-state index in [2.05, 4.69) is 44.7 Å². The summed E-state index contributed by atoms with van der Waals surface area (Å²) in [6.07, 6.45) is 2.72. The molecule has 2 aromatic heterocycles. The lowest BCUT2D eigenvalue weighted by molar-refractivity contribution is 0.722. The summed E-state index contributed by atoms with van der Waals surface area (Å²) >= 11 is 3.95. The summed E-state index contributed by atoms with van der Waals surface area (Å²) in [5.41, 5.74) is 8.02. The van der Waals surface area contributed by atoms with E-state index in [0.717, 1.165) is 29.0 Å². The lowest BCUT2D eigenvalue weighted by atomic mass is 10.3. The quantitative estimate of drug-likeness (QED) is 0.722. The number of nitrogens with zero attached hydrogens (tertiary/aromatic N) is 3. The predicted octanol–water partition coefficient (Wildman–Crippen LogP) is 2.92. The number of rotatable bonds is 3. The van der Waals surface area contributed by atoms with Crippen molar-refractivity contribution in [3.8, 4) is 0 Å². The first-order valence-electron chi connectivity index (χ1n) is 5.53. The Hall–Kier alpha value is -1.15. The van der Waals surface area contributed by atoms with E-state index < -0.39 is 0 Å². The van der Waals surface area contributed by atoms with Crippen molar-refractivity contribution in [3.05, 3.63) is 38.4 Å². The first-order valence-corrected chi connectivity index (χ1v) is 7.49. The first-order chi connectivity index (χ1) is 8.74. The number of hydrogen-bond acceptors (Lipinski definition) is 4. The van der Waals surface area contributed by atoms with Gasteiger partial charge in [-0.15, -0.1) is 11.3 Å². The van der Waals surface area contributed by atoms with Gasteiger partial charge in [-0.25, -0.2) is 9.97 Å². The van der Waals surface area contributed by atoms with Crippen molar-refractivity contribution in [2.24, 2.45) is 0 Å². The standard InChI is InChI=1S/C12H11IN4S/c13-8-1-2-10-9(7-8)16-12(14)17(10)5-3-11-15-4-6-18-11/h1-2,4,6-7H,3,5H2,(H2,14,16). The smallest absolute Gasteiger partial charge is 0.201 e. The highest BCUT2D eigenvalue weighted by atomic mass is 127. The summed E-state index contributed by atoms with van der Waals surface area (Å²) in [7, 11) is 0. The van der Waals surface area contributed by atoms with Crippen LogP contribution in [0.3, 0.4) is 0 Å². The maximum absolute atomic E-state index is 5.98. The van der Waals surface area contributed by atoms with Crippen molar-refractivity contribution in [1.29, 1.82) is 0 Å². The van der Waals surface area contributed by atoms with Crippen molar-refractivity contribution < 1.29 is 0 Å². The molecule has 0 amide bonds. The van der Waals surface area contributed by atoms with Crippen LogP contribution in [0.5, 0.6) is 0 Å². The van der Waals surface area contributed by atoms with Gasteiger partial charge in [0.05, 0.1) is 16.0 Å². The maximum Gasteiger partial charge on any atom is 0.201 e. The second kappa shape index (κ2) is 4.85. The number of aryl methyl sites for hydroxylation is 2. The molecule has 0 aliphatic rings. The van der Waals surface area contributed by atoms with Gasteiger partial charge in [-0.3, -0.25) is 0 Å². The number of nitrogen functional groups attached to an aromatic ring is 1. The molecule has 2 heterocycles. The fraction of sp³-hybridized carbons (Fsp3) is 0.167. The largest absolute Gasteiger partial charge is 0.369 e. The molecule has 4 nitrogen and oxygen atoms in total. The van der Waals surface area contributed by atoms with E-state index >= 15 is 0 Å². The Bertz CT molecular complexity index is 675. The minimum absolute atomic E-state index is 0.573. The topological polar surface area (TPSA) is 56.7 Å². The van der Waals surface area contributed by atoms with Crippen molar-refractivity contribution in [2.45, 2.75) is 13.0 Å². The van der Waals surface area contributed by atoms with E-state index in [-0.39, 0.29) is 0 Å². The average molecular weight is 370 g/mol. The molecular weight excluding hydrogens is 359 g/mol. The Morgan fingerprint density at radius 1 is 1.39 bits per heavy atom. The Morgan fingerprint density at radius 2 is 2.28 bits per heavy atom. The molecule has 0 fully saturated rings. The van der Waals surface area contributed by atoms with E-state index in [4.69, 9.17) is 5.73 Å². The molecule has 3 aromatic rings. The normalized spacial score (nSPS) is 11.2. The van der Waals surface area contributed by atoms with Crippen LogP contribution in [0.25, 0.3) is 11.0 Å². The van der Waals surface area contributed by atoms with E-state index in [9.17, 15) is 0 Å². The van der Waals surface area contributed by atoms with Gasteiger partial charge in [0, 0.05) is 28.1 Å². The number of aromatic nitrogens is 3. The molecule has 1 aromatic carbocycles. The molecule has 0 aliphatic carbocycles. The molecule has 0 saturated heterocycles. The van der Waals surface area contributed by atoms with Gasteiger partial charge in [0.2, 0.25) is 5.95 Å². The van der Waals surface area contributed by atoms with E-state index in [0.29, 0.717) is 5.95 Å². The van der Waals surface area contributed by atoms with Gasteiger partial charge < -0.3 is 10.3 Å².